The molecule has 1 aromatic carbocycles. The zero-order valence-corrected chi connectivity index (χ0v) is 16.4. The van der Waals surface area contributed by atoms with Crippen LogP contribution in [-0.4, -0.2) is 37.3 Å². The summed E-state index contributed by atoms with van der Waals surface area (Å²) in [6.45, 7) is 7.17. The van der Waals surface area contributed by atoms with E-state index in [2.05, 4.69) is 44.9 Å². The summed E-state index contributed by atoms with van der Waals surface area (Å²) in [5, 5.41) is 4.45. The van der Waals surface area contributed by atoms with Gasteiger partial charge in [0.25, 0.3) is 0 Å². The van der Waals surface area contributed by atoms with Crippen molar-refractivity contribution >= 4 is 22.8 Å². The van der Waals surface area contributed by atoms with Crippen LogP contribution in [0.25, 0.3) is 11.2 Å². The molecule has 0 radical (unpaired) electrons. The predicted molar refractivity (Wildman–Crippen MR) is 105 cm³/mol. The fourth-order valence-corrected chi connectivity index (χ4v) is 4.33. The molecular formula is C20H26ClN5. The minimum Gasteiger partial charge on any atom is -0.307 e. The first kappa shape index (κ1) is 17.6. The normalized spacial score (nSPS) is 19.9. The average Bonchev–Trinajstić information content (AvgIpc) is 3.15. The highest BCUT2D eigenvalue weighted by atomic mass is 35.5. The van der Waals surface area contributed by atoms with Gasteiger partial charge in [0.1, 0.15) is 11.3 Å². The third kappa shape index (κ3) is 3.14. The molecule has 138 valence electrons. The second-order valence-corrected chi connectivity index (χ2v) is 8.01. The Kier molecular flexibility index (Phi) is 4.76. The van der Waals surface area contributed by atoms with Gasteiger partial charge in [0.05, 0.1) is 11.1 Å². The van der Waals surface area contributed by atoms with Crippen LogP contribution in [0.15, 0.2) is 30.3 Å². The molecule has 1 aliphatic rings. The first-order valence-corrected chi connectivity index (χ1v) is 9.80. The van der Waals surface area contributed by atoms with E-state index >= 15 is 0 Å². The first-order chi connectivity index (χ1) is 12.5. The molecule has 3 heterocycles. The van der Waals surface area contributed by atoms with Crippen LogP contribution < -0.4 is 0 Å². The van der Waals surface area contributed by atoms with Gasteiger partial charge >= 0.3 is 0 Å². The highest BCUT2D eigenvalue weighted by Gasteiger charge is 2.28. The number of nitrogens with zero attached hydrogens (tertiary/aromatic N) is 5. The molecule has 0 saturated carbocycles. The number of likely N-dealkylation sites (tertiary alicyclic amines) is 1. The summed E-state index contributed by atoms with van der Waals surface area (Å²) in [7, 11) is 2.00. The van der Waals surface area contributed by atoms with Crippen molar-refractivity contribution in [3.05, 3.63) is 47.4 Å². The number of hydrogen-bond donors (Lipinski definition) is 0. The lowest BCUT2D eigenvalue weighted by atomic mass is 10.0. The van der Waals surface area contributed by atoms with E-state index in [-0.39, 0.29) is 5.38 Å². The third-order valence-corrected chi connectivity index (χ3v) is 5.51. The molecule has 1 fully saturated rings. The van der Waals surface area contributed by atoms with E-state index in [1.807, 2.05) is 25.6 Å². The maximum Gasteiger partial charge on any atom is 0.159 e. The Bertz CT molecular complexity index is 896. The van der Waals surface area contributed by atoms with E-state index in [4.69, 9.17) is 16.6 Å². The Labute approximate surface area is 159 Å². The second-order valence-electron chi connectivity index (χ2n) is 7.35. The lowest BCUT2D eigenvalue weighted by Gasteiger charge is -2.34. The molecular weight excluding hydrogens is 346 g/mol. The monoisotopic (exact) mass is 371 g/mol. The summed E-state index contributed by atoms with van der Waals surface area (Å²) in [6, 6.07) is 11.1. The largest absolute Gasteiger partial charge is 0.307 e. The van der Waals surface area contributed by atoms with Crippen LogP contribution in [0.5, 0.6) is 0 Å². The fourth-order valence-electron chi connectivity index (χ4n) is 4.18. The van der Waals surface area contributed by atoms with Gasteiger partial charge in [-0.15, -0.1) is 11.6 Å². The topological polar surface area (TPSA) is 38.9 Å². The molecule has 0 aliphatic carbocycles. The molecule has 1 saturated heterocycles. The van der Waals surface area contributed by atoms with E-state index in [9.17, 15) is 0 Å². The first-order valence-electron chi connectivity index (χ1n) is 9.36. The Balaban J connectivity index is 1.67. The predicted octanol–water partition coefficient (Wildman–Crippen LogP) is 4.22. The van der Waals surface area contributed by atoms with Crippen LogP contribution >= 0.6 is 11.6 Å². The highest BCUT2D eigenvalue weighted by molar-refractivity contribution is 6.20. The van der Waals surface area contributed by atoms with E-state index in [0.29, 0.717) is 6.04 Å². The van der Waals surface area contributed by atoms with Gasteiger partial charge in [-0.2, -0.15) is 5.10 Å². The smallest absolute Gasteiger partial charge is 0.159 e. The van der Waals surface area contributed by atoms with Crippen molar-refractivity contribution in [1.82, 2.24) is 24.2 Å². The number of piperidine rings is 1. The molecule has 0 amide bonds. The van der Waals surface area contributed by atoms with Crippen LogP contribution in [0, 0.1) is 6.92 Å². The SMILES string of the molecule is Cc1nn(C)c2c1nc(C(C)Cl)n2C1CCCN(Cc2ccccc2)C1. The van der Waals surface area contributed by atoms with E-state index in [0.717, 1.165) is 48.7 Å². The number of alkyl halides is 1. The Morgan fingerprint density at radius 2 is 2.04 bits per heavy atom. The third-order valence-electron chi connectivity index (χ3n) is 5.31. The number of imidazole rings is 1. The maximum atomic E-state index is 6.50. The molecule has 4 rings (SSSR count). The molecule has 0 spiro atoms. The molecule has 0 bridgehead atoms. The van der Waals surface area contributed by atoms with E-state index < -0.39 is 0 Å². The van der Waals surface area contributed by atoms with Crippen LogP contribution in [0.2, 0.25) is 0 Å². The molecule has 26 heavy (non-hydrogen) atoms. The Hall–Kier alpha value is -1.85. The summed E-state index contributed by atoms with van der Waals surface area (Å²) in [6.07, 6.45) is 2.34. The molecule has 2 atom stereocenters. The van der Waals surface area contributed by atoms with Crippen molar-refractivity contribution in [2.45, 2.75) is 44.7 Å². The second kappa shape index (κ2) is 7.05. The van der Waals surface area contributed by atoms with Gasteiger partial charge in [0.2, 0.25) is 0 Å². The number of benzene rings is 1. The average molecular weight is 372 g/mol. The molecule has 3 aromatic rings. The maximum absolute atomic E-state index is 6.50. The summed E-state index contributed by atoms with van der Waals surface area (Å²) in [5.41, 5.74) is 4.41. The summed E-state index contributed by atoms with van der Waals surface area (Å²) in [5.74, 6) is 0.962. The lowest BCUT2D eigenvalue weighted by Crippen LogP contribution is -2.36. The number of aryl methyl sites for hydroxylation is 2. The minimum absolute atomic E-state index is 0.119. The van der Waals surface area contributed by atoms with E-state index in [1.54, 1.807) is 0 Å². The van der Waals surface area contributed by atoms with Crippen molar-refractivity contribution in [2.75, 3.05) is 13.1 Å². The summed E-state index contributed by atoms with van der Waals surface area (Å²) < 4.78 is 4.31. The highest BCUT2D eigenvalue weighted by Crippen LogP contribution is 2.33. The van der Waals surface area contributed by atoms with Crippen molar-refractivity contribution in [3.63, 3.8) is 0 Å². The van der Waals surface area contributed by atoms with Crippen LogP contribution in [-0.2, 0) is 13.6 Å². The zero-order chi connectivity index (χ0) is 18.3. The van der Waals surface area contributed by atoms with Gasteiger partial charge < -0.3 is 4.57 Å². The molecule has 0 N–H and O–H groups in total. The van der Waals surface area contributed by atoms with Crippen molar-refractivity contribution in [2.24, 2.45) is 7.05 Å². The molecule has 1 aliphatic heterocycles. The van der Waals surface area contributed by atoms with Crippen molar-refractivity contribution < 1.29 is 0 Å². The molecule has 2 unspecified atom stereocenters. The number of halogens is 1. The van der Waals surface area contributed by atoms with Crippen molar-refractivity contribution in [3.8, 4) is 0 Å². The van der Waals surface area contributed by atoms with Crippen LogP contribution in [0.3, 0.4) is 0 Å². The molecule has 2 aromatic heterocycles. The lowest BCUT2D eigenvalue weighted by molar-refractivity contribution is 0.170. The Morgan fingerprint density at radius 3 is 2.77 bits per heavy atom. The summed E-state index contributed by atoms with van der Waals surface area (Å²) >= 11 is 6.50. The number of hydrogen-bond acceptors (Lipinski definition) is 3. The van der Waals surface area contributed by atoms with Gasteiger partial charge in [-0.1, -0.05) is 30.3 Å². The Morgan fingerprint density at radius 1 is 1.27 bits per heavy atom. The minimum atomic E-state index is -0.119. The van der Waals surface area contributed by atoms with Gasteiger partial charge in [-0.3, -0.25) is 9.58 Å². The number of rotatable bonds is 4. The fraction of sp³-hybridized carbons (Fsp3) is 0.500. The molecule has 6 heteroatoms. The van der Waals surface area contributed by atoms with Gasteiger partial charge in [0.15, 0.2) is 5.65 Å². The van der Waals surface area contributed by atoms with Gasteiger partial charge in [-0.25, -0.2) is 4.98 Å². The quantitative estimate of drug-likeness (QED) is 0.645. The van der Waals surface area contributed by atoms with E-state index in [1.165, 1.54) is 12.0 Å². The number of fused-ring (bicyclic) bond motifs is 1. The standard InChI is InChI=1S/C20H26ClN5/c1-14(21)19-22-18-15(2)23-24(3)20(18)26(19)17-10-7-11-25(13-17)12-16-8-5-4-6-9-16/h4-6,8-9,14,17H,7,10-13H2,1-3H3. The van der Waals surface area contributed by atoms with Crippen LogP contribution in [0.1, 0.15) is 48.3 Å². The number of aromatic nitrogens is 4. The molecule has 5 nitrogen and oxygen atoms in total. The van der Waals surface area contributed by atoms with Gasteiger partial charge in [-0.05, 0) is 38.8 Å². The van der Waals surface area contributed by atoms with Crippen LogP contribution in [0.4, 0.5) is 0 Å². The zero-order valence-electron chi connectivity index (χ0n) is 15.7. The van der Waals surface area contributed by atoms with Crippen molar-refractivity contribution in [1.29, 1.82) is 0 Å². The summed E-state index contributed by atoms with van der Waals surface area (Å²) in [4.78, 5) is 7.39. The van der Waals surface area contributed by atoms with Gasteiger partial charge in [0, 0.05) is 26.2 Å².